The van der Waals surface area contributed by atoms with Gasteiger partial charge in [-0.25, -0.2) is 17.9 Å². The summed E-state index contributed by atoms with van der Waals surface area (Å²) in [7, 11) is -3.98. The lowest BCUT2D eigenvalue weighted by Gasteiger charge is -2.11. The molecule has 0 saturated carbocycles. The molecule has 8 heteroatoms. The topological polar surface area (TPSA) is 69.4 Å². The zero-order valence-electron chi connectivity index (χ0n) is 10.5. The molecule has 0 saturated heterocycles. The standard InChI is InChI=1S/C13H10Cl2FNO3S/c14-12-10(5-6-11(13(12)15)21(17,18)19)20-7-8-3-1-2-4-9(8)16/h1-6H,7H2,(H2,17,18,19). The number of hydrogen-bond acceptors (Lipinski definition) is 3. The third-order valence-electron chi connectivity index (χ3n) is 2.66. The SMILES string of the molecule is NS(=O)(=O)c1ccc(OCc2ccccc2F)c(Cl)c1Cl. The number of rotatable bonds is 4. The molecular formula is C13H10Cl2FNO3S. The average molecular weight is 350 g/mol. The Labute approximate surface area is 131 Å². The van der Waals surface area contributed by atoms with Crippen molar-refractivity contribution in [2.45, 2.75) is 11.5 Å². The van der Waals surface area contributed by atoms with Gasteiger partial charge >= 0.3 is 0 Å². The summed E-state index contributed by atoms with van der Waals surface area (Å²) in [4.78, 5) is -0.299. The van der Waals surface area contributed by atoms with Crippen molar-refractivity contribution in [3.05, 3.63) is 57.8 Å². The van der Waals surface area contributed by atoms with Crippen LogP contribution in [0.15, 0.2) is 41.3 Å². The predicted octanol–water partition coefficient (Wildman–Crippen LogP) is 3.36. The highest BCUT2D eigenvalue weighted by atomic mass is 35.5. The quantitative estimate of drug-likeness (QED) is 0.919. The molecule has 0 aliphatic rings. The molecule has 0 aliphatic carbocycles. The van der Waals surface area contributed by atoms with Gasteiger partial charge in [0.2, 0.25) is 10.0 Å². The van der Waals surface area contributed by atoms with E-state index >= 15 is 0 Å². The zero-order chi connectivity index (χ0) is 15.6. The van der Waals surface area contributed by atoms with E-state index in [1.165, 1.54) is 18.2 Å². The fourth-order valence-electron chi connectivity index (χ4n) is 1.62. The largest absolute Gasteiger partial charge is 0.487 e. The molecule has 21 heavy (non-hydrogen) atoms. The van der Waals surface area contributed by atoms with Crippen LogP contribution in [0, 0.1) is 5.82 Å². The smallest absolute Gasteiger partial charge is 0.239 e. The summed E-state index contributed by atoms with van der Waals surface area (Å²) in [5.74, 6) is -0.279. The summed E-state index contributed by atoms with van der Waals surface area (Å²) >= 11 is 11.8. The maximum Gasteiger partial charge on any atom is 0.239 e. The second kappa shape index (κ2) is 6.19. The van der Waals surface area contributed by atoms with Gasteiger partial charge in [0.25, 0.3) is 0 Å². The van der Waals surface area contributed by atoms with Crippen LogP contribution in [-0.2, 0) is 16.6 Å². The van der Waals surface area contributed by atoms with Crippen molar-refractivity contribution in [2.75, 3.05) is 0 Å². The van der Waals surface area contributed by atoms with Crippen molar-refractivity contribution in [1.29, 1.82) is 0 Å². The van der Waals surface area contributed by atoms with Crippen LogP contribution in [0.4, 0.5) is 4.39 Å². The van der Waals surface area contributed by atoms with Crippen LogP contribution in [0.25, 0.3) is 0 Å². The number of nitrogens with two attached hydrogens (primary N) is 1. The van der Waals surface area contributed by atoms with Crippen molar-refractivity contribution < 1.29 is 17.5 Å². The third kappa shape index (κ3) is 3.65. The van der Waals surface area contributed by atoms with Gasteiger partial charge in [-0.15, -0.1) is 0 Å². The monoisotopic (exact) mass is 349 g/mol. The summed E-state index contributed by atoms with van der Waals surface area (Å²) in [6.07, 6.45) is 0. The Morgan fingerprint density at radius 2 is 1.76 bits per heavy atom. The Bertz CT molecular complexity index is 781. The van der Waals surface area contributed by atoms with Gasteiger partial charge in [-0.3, -0.25) is 0 Å². The van der Waals surface area contributed by atoms with Gasteiger partial charge in [-0.05, 0) is 18.2 Å². The number of primary sulfonamides is 1. The minimum atomic E-state index is -3.98. The van der Waals surface area contributed by atoms with E-state index in [1.54, 1.807) is 18.2 Å². The fraction of sp³-hybridized carbons (Fsp3) is 0.0769. The highest BCUT2D eigenvalue weighted by Crippen LogP contribution is 2.36. The van der Waals surface area contributed by atoms with Crippen LogP contribution < -0.4 is 9.88 Å². The number of sulfonamides is 1. The Morgan fingerprint density at radius 3 is 2.38 bits per heavy atom. The minimum absolute atomic E-state index is 0.0720. The lowest BCUT2D eigenvalue weighted by molar-refractivity contribution is 0.300. The number of benzene rings is 2. The van der Waals surface area contributed by atoms with Gasteiger partial charge in [0, 0.05) is 5.56 Å². The van der Waals surface area contributed by atoms with Crippen molar-refractivity contribution in [3.63, 3.8) is 0 Å². The number of halogens is 3. The molecule has 0 aliphatic heterocycles. The van der Waals surface area contributed by atoms with Gasteiger partial charge in [0.1, 0.15) is 28.1 Å². The average Bonchev–Trinajstić information content (AvgIpc) is 2.40. The molecule has 0 heterocycles. The van der Waals surface area contributed by atoms with E-state index < -0.39 is 15.8 Å². The molecule has 0 amide bonds. The van der Waals surface area contributed by atoms with Gasteiger partial charge in [0.15, 0.2) is 0 Å². The second-order valence-corrected chi connectivity index (χ2v) is 6.40. The van der Waals surface area contributed by atoms with Crippen LogP contribution in [-0.4, -0.2) is 8.42 Å². The van der Waals surface area contributed by atoms with E-state index in [1.807, 2.05) is 0 Å². The van der Waals surface area contributed by atoms with Crippen LogP contribution in [0.1, 0.15) is 5.56 Å². The summed E-state index contributed by atoms with van der Waals surface area (Å²) in [6.45, 7) is -0.0720. The van der Waals surface area contributed by atoms with E-state index in [0.29, 0.717) is 5.56 Å². The highest BCUT2D eigenvalue weighted by molar-refractivity contribution is 7.89. The molecule has 2 aromatic carbocycles. The lowest BCUT2D eigenvalue weighted by Crippen LogP contribution is -2.13. The maximum atomic E-state index is 13.5. The maximum absolute atomic E-state index is 13.5. The molecule has 0 bridgehead atoms. The van der Waals surface area contributed by atoms with Crippen LogP contribution >= 0.6 is 23.2 Å². The molecule has 0 radical (unpaired) electrons. The lowest BCUT2D eigenvalue weighted by atomic mass is 10.2. The molecule has 2 aromatic rings. The summed E-state index contributed by atoms with van der Waals surface area (Å²) < 4.78 is 41.4. The first-order chi connectivity index (χ1) is 9.80. The molecule has 4 nitrogen and oxygen atoms in total. The van der Waals surface area contributed by atoms with Crippen molar-refractivity contribution in [2.24, 2.45) is 5.14 Å². The Balaban J connectivity index is 2.27. The molecule has 0 atom stereocenters. The van der Waals surface area contributed by atoms with Crippen molar-refractivity contribution >= 4 is 33.2 Å². The minimum Gasteiger partial charge on any atom is -0.487 e. The van der Waals surface area contributed by atoms with Gasteiger partial charge in [-0.2, -0.15) is 0 Å². The van der Waals surface area contributed by atoms with Crippen molar-refractivity contribution in [3.8, 4) is 5.75 Å². The molecular weight excluding hydrogens is 340 g/mol. The van der Waals surface area contributed by atoms with Gasteiger partial charge in [-0.1, -0.05) is 41.4 Å². The zero-order valence-corrected chi connectivity index (χ0v) is 12.8. The summed E-state index contributed by atoms with van der Waals surface area (Å²) in [5, 5.41) is 4.67. The van der Waals surface area contributed by atoms with Gasteiger partial charge in [0.05, 0.1) is 5.02 Å². The Hall–Kier alpha value is -1.34. The third-order valence-corrected chi connectivity index (χ3v) is 4.59. The molecule has 0 spiro atoms. The first-order valence-electron chi connectivity index (χ1n) is 5.67. The first kappa shape index (κ1) is 16.0. The van der Waals surface area contributed by atoms with Gasteiger partial charge < -0.3 is 4.74 Å². The predicted molar refractivity (Wildman–Crippen MR) is 78.6 cm³/mol. The Morgan fingerprint density at radius 1 is 1.10 bits per heavy atom. The summed E-state index contributed by atoms with van der Waals surface area (Å²) in [5.41, 5.74) is 0.334. The van der Waals surface area contributed by atoms with Crippen LogP contribution in [0.3, 0.4) is 0 Å². The van der Waals surface area contributed by atoms with E-state index in [9.17, 15) is 12.8 Å². The Kier molecular flexibility index (Phi) is 4.73. The van der Waals surface area contributed by atoms with E-state index in [0.717, 1.165) is 0 Å². The second-order valence-electron chi connectivity index (χ2n) is 4.11. The molecule has 0 aromatic heterocycles. The van der Waals surface area contributed by atoms with Crippen LogP contribution in [0.2, 0.25) is 10.0 Å². The first-order valence-corrected chi connectivity index (χ1v) is 7.98. The van der Waals surface area contributed by atoms with E-state index in [2.05, 4.69) is 0 Å². The molecule has 2 rings (SSSR count). The molecule has 2 N–H and O–H groups in total. The fourth-order valence-corrected chi connectivity index (χ4v) is 2.98. The van der Waals surface area contributed by atoms with Crippen LogP contribution in [0.5, 0.6) is 5.75 Å². The number of ether oxygens (including phenoxy) is 1. The van der Waals surface area contributed by atoms with E-state index in [-0.39, 0.29) is 27.3 Å². The van der Waals surface area contributed by atoms with Crippen molar-refractivity contribution in [1.82, 2.24) is 0 Å². The molecule has 0 fully saturated rings. The summed E-state index contributed by atoms with van der Waals surface area (Å²) in [6, 6.07) is 8.58. The molecule has 112 valence electrons. The van der Waals surface area contributed by atoms with E-state index in [4.69, 9.17) is 33.1 Å². The molecule has 0 unspecified atom stereocenters. The number of hydrogen-bond donors (Lipinski definition) is 1. The highest BCUT2D eigenvalue weighted by Gasteiger charge is 2.18. The normalized spacial score (nSPS) is 11.4.